The molecule has 1 aromatic rings. The van der Waals surface area contributed by atoms with Gasteiger partial charge in [-0.15, -0.1) is 0 Å². The SMILES string of the molecule is C[C@@H]1OCCC[C@@H]1C(=O)Nc1cc(Br)cn(C)c1=O. The Hall–Kier alpha value is -1.14. The van der Waals surface area contributed by atoms with Crippen molar-refractivity contribution in [3.63, 3.8) is 0 Å². The van der Waals surface area contributed by atoms with Crippen LogP contribution in [0.5, 0.6) is 0 Å². The van der Waals surface area contributed by atoms with Gasteiger partial charge in [-0.2, -0.15) is 0 Å². The highest BCUT2D eigenvalue weighted by Crippen LogP contribution is 2.22. The minimum absolute atomic E-state index is 0.107. The predicted octanol–water partition coefficient (Wildman–Crippen LogP) is 1.90. The van der Waals surface area contributed by atoms with E-state index in [-0.39, 0.29) is 23.5 Å². The zero-order chi connectivity index (χ0) is 14.0. The van der Waals surface area contributed by atoms with Crippen molar-refractivity contribution in [1.82, 2.24) is 4.57 Å². The number of anilines is 1. The van der Waals surface area contributed by atoms with E-state index in [1.807, 2.05) is 6.92 Å². The zero-order valence-corrected chi connectivity index (χ0v) is 12.6. The quantitative estimate of drug-likeness (QED) is 0.902. The van der Waals surface area contributed by atoms with E-state index in [9.17, 15) is 9.59 Å². The standard InChI is InChI=1S/C13H17BrN2O3/c1-8-10(4-3-5-19-8)12(17)15-11-6-9(14)7-16(2)13(11)18/h6-8,10H,3-5H2,1-2H3,(H,15,17)/t8-,10-/m0/s1. The average Bonchev–Trinajstić information content (AvgIpc) is 2.35. The molecule has 2 heterocycles. The number of halogens is 1. The number of aryl methyl sites for hydroxylation is 1. The predicted molar refractivity (Wildman–Crippen MR) is 76.2 cm³/mol. The molecule has 6 heteroatoms. The first-order valence-electron chi connectivity index (χ1n) is 6.27. The van der Waals surface area contributed by atoms with Crippen LogP contribution in [0, 0.1) is 5.92 Å². The molecule has 5 nitrogen and oxygen atoms in total. The molecule has 1 amide bonds. The summed E-state index contributed by atoms with van der Waals surface area (Å²) in [4.78, 5) is 24.1. The second-order valence-electron chi connectivity index (χ2n) is 4.80. The van der Waals surface area contributed by atoms with Crippen LogP contribution < -0.4 is 10.9 Å². The van der Waals surface area contributed by atoms with E-state index in [0.29, 0.717) is 12.3 Å². The van der Waals surface area contributed by atoms with Crippen LogP contribution in [0.1, 0.15) is 19.8 Å². The lowest BCUT2D eigenvalue weighted by atomic mass is 9.94. The van der Waals surface area contributed by atoms with Gasteiger partial charge in [0.1, 0.15) is 5.69 Å². The maximum atomic E-state index is 12.2. The third kappa shape index (κ3) is 3.25. The molecule has 1 N–H and O–H groups in total. The first-order chi connectivity index (χ1) is 8.99. The zero-order valence-electron chi connectivity index (χ0n) is 11.0. The lowest BCUT2D eigenvalue weighted by Crippen LogP contribution is -2.37. The van der Waals surface area contributed by atoms with Gasteiger partial charge in [-0.1, -0.05) is 0 Å². The topological polar surface area (TPSA) is 60.3 Å². The molecule has 1 aromatic heterocycles. The highest BCUT2D eigenvalue weighted by molar-refractivity contribution is 9.10. The molecule has 1 aliphatic rings. The number of nitrogens with one attached hydrogen (secondary N) is 1. The van der Waals surface area contributed by atoms with Gasteiger partial charge < -0.3 is 14.6 Å². The van der Waals surface area contributed by atoms with Crippen LogP contribution in [-0.2, 0) is 16.6 Å². The number of hydrogen-bond donors (Lipinski definition) is 1. The maximum Gasteiger partial charge on any atom is 0.274 e. The largest absolute Gasteiger partial charge is 0.378 e. The van der Waals surface area contributed by atoms with Crippen LogP contribution >= 0.6 is 15.9 Å². The first-order valence-corrected chi connectivity index (χ1v) is 7.07. The molecule has 0 bridgehead atoms. The number of aromatic nitrogens is 1. The van der Waals surface area contributed by atoms with Crippen molar-refractivity contribution in [1.29, 1.82) is 0 Å². The fourth-order valence-corrected chi connectivity index (χ4v) is 2.79. The minimum atomic E-state index is -0.221. The van der Waals surface area contributed by atoms with Crippen molar-refractivity contribution in [3.8, 4) is 0 Å². The summed E-state index contributed by atoms with van der Waals surface area (Å²) in [6.45, 7) is 2.59. The summed E-state index contributed by atoms with van der Waals surface area (Å²) >= 11 is 3.31. The van der Waals surface area contributed by atoms with Crippen LogP contribution in [0.4, 0.5) is 5.69 Å². The van der Waals surface area contributed by atoms with Crippen molar-refractivity contribution in [2.45, 2.75) is 25.9 Å². The first kappa shape index (κ1) is 14.3. The van der Waals surface area contributed by atoms with Crippen molar-refractivity contribution in [3.05, 3.63) is 27.1 Å². The second-order valence-corrected chi connectivity index (χ2v) is 5.72. The summed E-state index contributed by atoms with van der Waals surface area (Å²) in [6.07, 6.45) is 3.22. The van der Waals surface area contributed by atoms with Crippen molar-refractivity contribution in [2.24, 2.45) is 13.0 Å². The molecule has 19 heavy (non-hydrogen) atoms. The lowest BCUT2D eigenvalue weighted by molar-refractivity contribution is -0.127. The molecule has 0 aromatic carbocycles. The van der Waals surface area contributed by atoms with Crippen LogP contribution in [-0.4, -0.2) is 23.2 Å². The third-order valence-electron chi connectivity index (χ3n) is 3.35. The van der Waals surface area contributed by atoms with E-state index < -0.39 is 0 Å². The van der Waals surface area contributed by atoms with Crippen LogP contribution in [0.25, 0.3) is 0 Å². The summed E-state index contributed by atoms with van der Waals surface area (Å²) in [5.74, 6) is -0.347. The van der Waals surface area contributed by atoms with Crippen LogP contribution in [0.3, 0.4) is 0 Å². The van der Waals surface area contributed by atoms with E-state index in [4.69, 9.17) is 4.74 Å². The van der Waals surface area contributed by atoms with E-state index in [1.54, 1.807) is 19.3 Å². The summed E-state index contributed by atoms with van der Waals surface area (Å²) in [7, 11) is 1.65. The fraction of sp³-hybridized carbons (Fsp3) is 0.538. The summed E-state index contributed by atoms with van der Waals surface area (Å²) in [5.41, 5.74) is 0.0700. The Morgan fingerprint density at radius 3 is 3.00 bits per heavy atom. The highest BCUT2D eigenvalue weighted by Gasteiger charge is 2.29. The Morgan fingerprint density at radius 2 is 2.32 bits per heavy atom. The molecule has 2 atom stereocenters. The Bertz CT molecular complexity index is 541. The third-order valence-corrected chi connectivity index (χ3v) is 3.79. The number of pyridine rings is 1. The highest BCUT2D eigenvalue weighted by atomic mass is 79.9. The van der Waals surface area contributed by atoms with Gasteiger partial charge in [0, 0.05) is 24.3 Å². The van der Waals surface area contributed by atoms with E-state index in [1.165, 1.54) is 4.57 Å². The molecule has 2 rings (SSSR count). The molecule has 0 unspecified atom stereocenters. The summed E-state index contributed by atoms with van der Waals surface area (Å²) < 4.78 is 7.65. The maximum absolute atomic E-state index is 12.2. The van der Waals surface area contributed by atoms with Crippen LogP contribution in [0.15, 0.2) is 21.5 Å². The van der Waals surface area contributed by atoms with E-state index >= 15 is 0 Å². The van der Waals surface area contributed by atoms with E-state index in [0.717, 1.165) is 17.3 Å². The molecule has 1 aliphatic heterocycles. The summed E-state index contributed by atoms with van der Waals surface area (Å²) in [6, 6.07) is 1.62. The normalized spacial score (nSPS) is 23.1. The van der Waals surface area contributed by atoms with Crippen LogP contribution in [0.2, 0.25) is 0 Å². The van der Waals surface area contributed by atoms with Gasteiger partial charge in [-0.3, -0.25) is 9.59 Å². The smallest absolute Gasteiger partial charge is 0.274 e. The molecule has 104 valence electrons. The monoisotopic (exact) mass is 328 g/mol. The molecule has 0 spiro atoms. The van der Waals surface area contributed by atoms with Crippen molar-refractivity contribution >= 4 is 27.5 Å². The van der Waals surface area contributed by atoms with Gasteiger partial charge in [0.05, 0.1) is 12.0 Å². The van der Waals surface area contributed by atoms with Gasteiger partial charge in [-0.25, -0.2) is 0 Å². The minimum Gasteiger partial charge on any atom is -0.378 e. The number of nitrogens with zero attached hydrogens (tertiary/aromatic N) is 1. The number of rotatable bonds is 2. The van der Waals surface area contributed by atoms with Gasteiger partial charge in [0.2, 0.25) is 5.91 Å². The van der Waals surface area contributed by atoms with Crippen molar-refractivity contribution < 1.29 is 9.53 Å². The van der Waals surface area contributed by atoms with Gasteiger partial charge >= 0.3 is 0 Å². The van der Waals surface area contributed by atoms with Crippen molar-refractivity contribution in [2.75, 3.05) is 11.9 Å². The Kier molecular flexibility index (Phi) is 4.42. The Labute approximate surface area is 120 Å². The fourth-order valence-electron chi connectivity index (χ4n) is 2.25. The van der Waals surface area contributed by atoms with E-state index in [2.05, 4.69) is 21.2 Å². The molecular formula is C13H17BrN2O3. The molecule has 0 aliphatic carbocycles. The molecule has 0 radical (unpaired) electrons. The number of carbonyl (C=O) groups excluding carboxylic acids is 1. The Morgan fingerprint density at radius 1 is 1.58 bits per heavy atom. The van der Waals surface area contributed by atoms with Gasteiger partial charge in [0.15, 0.2) is 0 Å². The number of carbonyl (C=O) groups is 1. The average molecular weight is 329 g/mol. The number of amides is 1. The van der Waals surface area contributed by atoms with Gasteiger partial charge in [0.25, 0.3) is 5.56 Å². The molecule has 1 fully saturated rings. The summed E-state index contributed by atoms with van der Waals surface area (Å²) in [5, 5.41) is 2.71. The number of hydrogen-bond acceptors (Lipinski definition) is 3. The molecular weight excluding hydrogens is 312 g/mol. The Balaban J connectivity index is 2.17. The molecule has 1 saturated heterocycles. The number of ether oxygens (including phenoxy) is 1. The lowest BCUT2D eigenvalue weighted by Gasteiger charge is -2.27. The molecule has 0 saturated carbocycles. The second kappa shape index (κ2) is 5.88. The van der Waals surface area contributed by atoms with Gasteiger partial charge in [-0.05, 0) is 41.8 Å².